The molecule has 0 saturated carbocycles. The Bertz CT molecular complexity index is 918. The number of ether oxygens (including phenoxy) is 5. The highest BCUT2D eigenvalue weighted by molar-refractivity contribution is 6.14. The molecule has 0 amide bonds. The summed E-state index contributed by atoms with van der Waals surface area (Å²) in [5.41, 5.74) is 1.71. The van der Waals surface area contributed by atoms with E-state index in [0.29, 0.717) is 34.1 Å². The van der Waals surface area contributed by atoms with Crippen LogP contribution in [0.2, 0.25) is 0 Å². The van der Waals surface area contributed by atoms with Crippen molar-refractivity contribution in [2.45, 2.75) is 12.8 Å². The van der Waals surface area contributed by atoms with Crippen LogP contribution in [0.15, 0.2) is 30.3 Å². The van der Waals surface area contributed by atoms with Gasteiger partial charge in [-0.3, -0.25) is 9.59 Å². The standard InChI is InChI=1S/C22H24O7/c1-6-29-22(24)18-16(12-7-9-13(25-2)10-8-12)17-14(19(18)23)11-15(26-3)20(27-4)21(17)28-5/h7-11,16,18H,6H2,1-5H3/t16-,18+/m1/s1. The Morgan fingerprint density at radius 2 is 1.59 bits per heavy atom. The van der Waals surface area contributed by atoms with Gasteiger partial charge in [-0.05, 0) is 30.7 Å². The Hall–Kier alpha value is -3.22. The summed E-state index contributed by atoms with van der Waals surface area (Å²) in [5.74, 6) is -0.763. The van der Waals surface area contributed by atoms with Crippen LogP contribution in [0.5, 0.6) is 23.0 Å². The monoisotopic (exact) mass is 400 g/mol. The zero-order valence-electron chi connectivity index (χ0n) is 17.1. The van der Waals surface area contributed by atoms with Crippen LogP contribution >= 0.6 is 0 Å². The van der Waals surface area contributed by atoms with Gasteiger partial charge < -0.3 is 23.7 Å². The molecule has 1 aliphatic carbocycles. The second-order valence-corrected chi connectivity index (χ2v) is 6.45. The fourth-order valence-corrected chi connectivity index (χ4v) is 3.82. The van der Waals surface area contributed by atoms with Crippen molar-refractivity contribution in [1.29, 1.82) is 0 Å². The zero-order valence-corrected chi connectivity index (χ0v) is 17.1. The first-order valence-electron chi connectivity index (χ1n) is 9.19. The molecule has 0 fully saturated rings. The third-order valence-electron chi connectivity index (χ3n) is 5.08. The van der Waals surface area contributed by atoms with Gasteiger partial charge in [-0.25, -0.2) is 0 Å². The van der Waals surface area contributed by atoms with E-state index < -0.39 is 17.8 Å². The molecule has 2 aromatic rings. The predicted octanol–water partition coefficient (Wildman–Crippen LogP) is 3.23. The highest BCUT2D eigenvalue weighted by atomic mass is 16.5. The van der Waals surface area contributed by atoms with Crippen LogP contribution < -0.4 is 18.9 Å². The fraction of sp³-hybridized carbons (Fsp3) is 0.364. The first kappa shape index (κ1) is 20.5. The molecule has 0 heterocycles. The Balaban J connectivity index is 2.28. The molecule has 0 unspecified atom stereocenters. The van der Waals surface area contributed by atoms with Gasteiger partial charge >= 0.3 is 5.97 Å². The van der Waals surface area contributed by atoms with Crippen molar-refractivity contribution in [3.05, 3.63) is 47.0 Å². The van der Waals surface area contributed by atoms with E-state index in [1.165, 1.54) is 21.3 Å². The van der Waals surface area contributed by atoms with Crippen LogP contribution in [0.25, 0.3) is 0 Å². The van der Waals surface area contributed by atoms with Gasteiger partial charge in [0.25, 0.3) is 0 Å². The summed E-state index contributed by atoms with van der Waals surface area (Å²) in [7, 11) is 6.04. The molecule has 1 aliphatic rings. The molecule has 3 rings (SSSR count). The number of carbonyl (C=O) groups excluding carboxylic acids is 2. The zero-order chi connectivity index (χ0) is 21.1. The van der Waals surface area contributed by atoms with E-state index in [1.54, 1.807) is 32.2 Å². The smallest absolute Gasteiger partial charge is 0.317 e. The number of ketones is 1. The number of fused-ring (bicyclic) bond motifs is 1. The van der Waals surface area contributed by atoms with E-state index in [-0.39, 0.29) is 12.4 Å². The second-order valence-electron chi connectivity index (χ2n) is 6.45. The molecule has 0 saturated heterocycles. The highest BCUT2D eigenvalue weighted by Gasteiger charge is 2.49. The molecule has 0 bridgehead atoms. The second kappa shape index (κ2) is 8.43. The van der Waals surface area contributed by atoms with Gasteiger partial charge in [0, 0.05) is 17.0 Å². The van der Waals surface area contributed by atoms with Crippen molar-refractivity contribution in [1.82, 2.24) is 0 Å². The first-order valence-corrected chi connectivity index (χ1v) is 9.19. The maximum absolute atomic E-state index is 13.3. The van der Waals surface area contributed by atoms with Crippen LogP contribution in [0.1, 0.15) is 34.3 Å². The third-order valence-corrected chi connectivity index (χ3v) is 5.08. The summed E-state index contributed by atoms with van der Waals surface area (Å²) in [5, 5.41) is 0. The number of hydrogen-bond donors (Lipinski definition) is 0. The molecule has 0 aliphatic heterocycles. The van der Waals surface area contributed by atoms with E-state index in [1.807, 2.05) is 12.1 Å². The minimum absolute atomic E-state index is 0.179. The number of carbonyl (C=O) groups is 2. The molecule has 2 atom stereocenters. The van der Waals surface area contributed by atoms with E-state index in [9.17, 15) is 9.59 Å². The molecular weight excluding hydrogens is 376 g/mol. The van der Waals surface area contributed by atoms with E-state index in [0.717, 1.165) is 5.56 Å². The van der Waals surface area contributed by atoms with Crippen LogP contribution in [-0.4, -0.2) is 46.8 Å². The highest BCUT2D eigenvalue weighted by Crippen LogP contribution is 2.53. The average molecular weight is 400 g/mol. The van der Waals surface area contributed by atoms with E-state index in [4.69, 9.17) is 23.7 Å². The largest absolute Gasteiger partial charge is 0.497 e. The van der Waals surface area contributed by atoms with Crippen molar-refractivity contribution in [2.24, 2.45) is 5.92 Å². The third kappa shape index (κ3) is 3.37. The number of benzene rings is 2. The van der Waals surface area contributed by atoms with Gasteiger partial charge in [0.15, 0.2) is 17.3 Å². The lowest BCUT2D eigenvalue weighted by molar-refractivity contribution is -0.146. The maximum atomic E-state index is 13.3. The minimum atomic E-state index is -1.02. The molecule has 0 spiro atoms. The first-order chi connectivity index (χ1) is 14.0. The Morgan fingerprint density at radius 1 is 0.931 bits per heavy atom. The fourth-order valence-electron chi connectivity index (χ4n) is 3.82. The average Bonchev–Trinajstić information content (AvgIpc) is 3.04. The summed E-state index contributed by atoms with van der Waals surface area (Å²) in [6.07, 6.45) is 0. The van der Waals surface area contributed by atoms with Crippen LogP contribution in [-0.2, 0) is 9.53 Å². The Kier molecular flexibility index (Phi) is 5.96. The molecule has 29 heavy (non-hydrogen) atoms. The topological polar surface area (TPSA) is 80.3 Å². The Labute approximate surface area is 169 Å². The van der Waals surface area contributed by atoms with Crippen molar-refractivity contribution in [3.8, 4) is 23.0 Å². The lowest BCUT2D eigenvalue weighted by atomic mass is 9.85. The molecule has 7 nitrogen and oxygen atoms in total. The number of hydrogen-bond acceptors (Lipinski definition) is 7. The van der Waals surface area contributed by atoms with Crippen molar-refractivity contribution in [2.75, 3.05) is 35.0 Å². The number of rotatable bonds is 7. The minimum Gasteiger partial charge on any atom is -0.497 e. The van der Waals surface area contributed by atoms with Crippen molar-refractivity contribution in [3.63, 3.8) is 0 Å². The summed E-state index contributed by atoms with van der Waals surface area (Å²) in [6.45, 7) is 1.89. The lowest BCUT2D eigenvalue weighted by Crippen LogP contribution is -2.27. The molecule has 2 aromatic carbocycles. The number of Topliss-reactive ketones (excluding diaryl/α,β-unsaturated/α-hetero) is 1. The van der Waals surface area contributed by atoms with Gasteiger partial charge in [-0.1, -0.05) is 12.1 Å². The van der Waals surface area contributed by atoms with Gasteiger partial charge in [-0.2, -0.15) is 0 Å². The van der Waals surface area contributed by atoms with Gasteiger partial charge in [0.05, 0.1) is 35.0 Å². The molecule has 0 aromatic heterocycles. The quantitative estimate of drug-likeness (QED) is 0.521. The molecule has 0 radical (unpaired) electrons. The van der Waals surface area contributed by atoms with Crippen molar-refractivity contribution < 1.29 is 33.3 Å². The van der Waals surface area contributed by atoms with Crippen LogP contribution in [0.3, 0.4) is 0 Å². The van der Waals surface area contributed by atoms with Crippen LogP contribution in [0.4, 0.5) is 0 Å². The predicted molar refractivity (Wildman–Crippen MR) is 105 cm³/mol. The maximum Gasteiger partial charge on any atom is 0.317 e. The van der Waals surface area contributed by atoms with Gasteiger partial charge in [0.1, 0.15) is 11.7 Å². The molecular formula is C22H24O7. The Morgan fingerprint density at radius 3 is 2.10 bits per heavy atom. The summed E-state index contributed by atoms with van der Waals surface area (Å²) < 4.78 is 26.9. The number of esters is 1. The summed E-state index contributed by atoms with van der Waals surface area (Å²) in [6, 6.07) is 8.82. The van der Waals surface area contributed by atoms with E-state index >= 15 is 0 Å². The summed E-state index contributed by atoms with van der Waals surface area (Å²) in [4.78, 5) is 26.0. The molecule has 0 N–H and O–H groups in total. The van der Waals surface area contributed by atoms with E-state index in [2.05, 4.69) is 0 Å². The SMILES string of the molecule is CCOC(=O)[C@@H]1C(=O)c2cc(OC)c(OC)c(OC)c2[C@H]1c1ccc(OC)cc1. The normalized spacial score (nSPS) is 17.5. The summed E-state index contributed by atoms with van der Waals surface area (Å²) >= 11 is 0. The molecule has 7 heteroatoms. The van der Waals surface area contributed by atoms with Gasteiger partial charge in [-0.15, -0.1) is 0 Å². The number of methoxy groups -OCH3 is 4. The lowest BCUT2D eigenvalue weighted by Gasteiger charge is -2.22. The van der Waals surface area contributed by atoms with Crippen LogP contribution in [0, 0.1) is 5.92 Å². The molecule has 154 valence electrons. The van der Waals surface area contributed by atoms with Gasteiger partial charge in [0.2, 0.25) is 5.75 Å². The van der Waals surface area contributed by atoms with Crippen molar-refractivity contribution >= 4 is 11.8 Å².